The number of nitrogens with zero attached hydrogens (tertiary/aromatic N) is 3. The largest absolute Gasteiger partial charge is 0.456 e. The number of ether oxygens (including phenoxy) is 1. The Kier molecular flexibility index (Phi) is 4.64. The second-order valence-electron chi connectivity index (χ2n) is 6.80. The van der Waals surface area contributed by atoms with Gasteiger partial charge in [0.05, 0.1) is 21.2 Å². The maximum Gasteiger partial charge on any atom is 0.327 e. The predicted octanol–water partition coefficient (Wildman–Crippen LogP) is 3.80. The maximum atomic E-state index is 12.9. The van der Waals surface area contributed by atoms with E-state index < -0.39 is 22.5 Å². The van der Waals surface area contributed by atoms with E-state index in [2.05, 4.69) is 10.1 Å². The van der Waals surface area contributed by atoms with Crippen LogP contribution in [0.15, 0.2) is 70.1 Å². The van der Waals surface area contributed by atoms with Gasteiger partial charge in [0.2, 0.25) is 5.82 Å². The Morgan fingerprint density at radius 3 is 2.65 bits per heavy atom. The Morgan fingerprint density at radius 2 is 1.84 bits per heavy atom. The fraction of sp³-hybridized carbons (Fsp3) is 0.0952. The summed E-state index contributed by atoms with van der Waals surface area (Å²) in [5, 5.41) is 5.61. The van der Waals surface area contributed by atoms with E-state index in [0.29, 0.717) is 21.7 Å². The van der Waals surface area contributed by atoms with Crippen molar-refractivity contribution in [3.05, 3.63) is 71.5 Å². The first kappa shape index (κ1) is 19.5. The van der Waals surface area contributed by atoms with Crippen LogP contribution >= 0.6 is 11.6 Å². The molecule has 156 valence electrons. The van der Waals surface area contributed by atoms with Gasteiger partial charge in [-0.2, -0.15) is 4.98 Å². The number of esters is 1. The highest BCUT2D eigenvalue weighted by molar-refractivity contribution is 7.93. The molecule has 0 atom stereocenters. The van der Waals surface area contributed by atoms with Gasteiger partial charge in [0.25, 0.3) is 15.9 Å². The van der Waals surface area contributed by atoms with Crippen LogP contribution in [0, 0.1) is 0 Å². The molecule has 0 N–H and O–H groups in total. The fourth-order valence-electron chi connectivity index (χ4n) is 3.49. The lowest BCUT2D eigenvalue weighted by Crippen LogP contribution is -2.33. The van der Waals surface area contributed by atoms with Crippen molar-refractivity contribution in [2.75, 3.05) is 10.8 Å². The molecule has 0 radical (unpaired) electrons. The van der Waals surface area contributed by atoms with Gasteiger partial charge in [0.15, 0.2) is 6.61 Å². The molecule has 0 unspecified atom stereocenters. The Morgan fingerprint density at radius 1 is 1.06 bits per heavy atom. The minimum absolute atomic E-state index is 0.137. The highest BCUT2D eigenvalue weighted by Gasteiger charge is 2.37. The predicted molar refractivity (Wildman–Crippen MR) is 113 cm³/mol. The summed E-state index contributed by atoms with van der Waals surface area (Å²) in [5.41, 5.74) is 1.01. The summed E-state index contributed by atoms with van der Waals surface area (Å²) in [5.74, 6) is -0.406. The molecular weight excluding hydrogens is 442 g/mol. The van der Waals surface area contributed by atoms with E-state index in [-0.39, 0.29) is 23.2 Å². The third-order valence-corrected chi connectivity index (χ3v) is 7.02. The second-order valence-corrected chi connectivity index (χ2v) is 9.04. The summed E-state index contributed by atoms with van der Waals surface area (Å²) in [6, 6.07) is 17.2. The summed E-state index contributed by atoms with van der Waals surface area (Å²) in [6.45, 7) is -0.733. The lowest BCUT2D eigenvalue weighted by molar-refractivity contribution is -0.143. The van der Waals surface area contributed by atoms with E-state index in [4.69, 9.17) is 20.9 Å². The maximum absolute atomic E-state index is 12.9. The summed E-state index contributed by atoms with van der Waals surface area (Å²) >= 11 is 6.11. The van der Waals surface area contributed by atoms with Crippen LogP contribution in [0.5, 0.6) is 0 Å². The summed E-state index contributed by atoms with van der Waals surface area (Å²) in [4.78, 5) is 16.8. The van der Waals surface area contributed by atoms with E-state index in [1.807, 2.05) is 12.1 Å². The van der Waals surface area contributed by atoms with Crippen LogP contribution in [0.1, 0.15) is 5.82 Å². The smallest absolute Gasteiger partial charge is 0.327 e. The van der Waals surface area contributed by atoms with Gasteiger partial charge in [0.1, 0.15) is 6.54 Å². The molecule has 1 aliphatic rings. The molecule has 1 aromatic heterocycles. The lowest BCUT2D eigenvalue weighted by Gasteiger charge is -2.17. The first-order valence-electron chi connectivity index (χ1n) is 9.23. The number of sulfonamides is 1. The van der Waals surface area contributed by atoms with Gasteiger partial charge in [-0.05, 0) is 29.7 Å². The van der Waals surface area contributed by atoms with Gasteiger partial charge >= 0.3 is 5.97 Å². The number of aromatic nitrogens is 2. The number of anilines is 1. The Hall–Kier alpha value is -3.43. The zero-order chi connectivity index (χ0) is 21.6. The lowest BCUT2D eigenvalue weighted by atomic mass is 10.1. The Labute approximate surface area is 182 Å². The molecule has 0 spiro atoms. The number of carbonyl (C=O) groups excluding carboxylic acids is 1. The van der Waals surface area contributed by atoms with Crippen molar-refractivity contribution in [3.63, 3.8) is 0 Å². The number of benzene rings is 3. The van der Waals surface area contributed by atoms with Crippen LogP contribution in [0.4, 0.5) is 5.69 Å². The van der Waals surface area contributed by atoms with E-state index in [1.54, 1.807) is 42.5 Å². The van der Waals surface area contributed by atoms with E-state index in [9.17, 15) is 13.2 Å². The summed E-state index contributed by atoms with van der Waals surface area (Å²) in [6.07, 6.45) is 0. The second kappa shape index (κ2) is 7.36. The number of hydrogen-bond donors (Lipinski definition) is 0. The topological polar surface area (TPSA) is 103 Å². The van der Waals surface area contributed by atoms with Crippen LogP contribution in [0.3, 0.4) is 0 Å². The molecule has 0 saturated heterocycles. The van der Waals surface area contributed by atoms with Crippen molar-refractivity contribution in [1.29, 1.82) is 0 Å². The number of carbonyl (C=O) groups is 1. The van der Waals surface area contributed by atoms with Crippen LogP contribution < -0.4 is 4.31 Å². The van der Waals surface area contributed by atoms with E-state index >= 15 is 0 Å². The van der Waals surface area contributed by atoms with Crippen molar-refractivity contribution in [1.82, 2.24) is 10.1 Å². The minimum atomic E-state index is -3.85. The molecule has 8 nitrogen and oxygen atoms in total. The molecule has 0 fully saturated rings. The first-order chi connectivity index (χ1) is 14.9. The van der Waals surface area contributed by atoms with Crippen LogP contribution in [-0.2, 0) is 26.2 Å². The summed E-state index contributed by atoms with van der Waals surface area (Å²) < 4.78 is 37.3. The number of hydrogen-bond acceptors (Lipinski definition) is 7. The van der Waals surface area contributed by atoms with Crippen molar-refractivity contribution < 1.29 is 22.5 Å². The molecule has 31 heavy (non-hydrogen) atoms. The van der Waals surface area contributed by atoms with Crippen molar-refractivity contribution in [3.8, 4) is 11.5 Å². The quantitative estimate of drug-likeness (QED) is 0.422. The number of halogens is 1. The van der Waals surface area contributed by atoms with Gasteiger partial charge in [-0.15, -0.1) is 0 Å². The van der Waals surface area contributed by atoms with Gasteiger partial charge in [-0.1, -0.05) is 53.2 Å². The molecule has 3 aromatic carbocycles. The average molecular weight is 456 g/mol. The number of rotatable bonds is 5. The molecule has 1 aliphatic heterocycles. The molecule has 0 saturated carbocycles. The van der Waals surface area contributed by atoms with Crippen molar-refractivity contribution >= 4 is 44.1 Å². The van der Waals surface area contributed by atoms with Gasteiger partial charge in [0, 0.05) is 5.39 Å². The van der Waals surface area contributed by atoms with Crippen molar-refractivity contribution in [2.45, 2.75) is 11.5 Å². The molecule has 0 amide bonds. The molecule has 2 heterocycles. The minimum Gasteiger partial charge on any atom is -0.456 e. The molecule has 4 aromatic rings. The third kappa shape index (κ3) is 3.31. The highest BCUT2D eigenvalue weighted by atomic mass is 35.5. The van der Waals surface area contributed by atoms with Crippen molar-refractivity contribution in [2.24, 2.45) is 0 Å². The van der Waals surface area contributed by atoms with Crippen LogP contribution in [0.25, 0.3) is 22.2 Å². The van der Waals surface area contributed by atoms with E-state index in [0.717, 1.165) is 9.69 Å². The van der Waals surface area contributed by atoms with Crippen LogP contribution in [-0.4, -0.2) is 31.1 Å². The van der Waals surface area contributed by atoms with Gasteiger partial charge < -0.3 is 9.26 Å². The third-order valence-electron chi connectivity index (χ3n) is 4.89. The standard InChI is InChI=1S/C21H14ClN3O5S/c22-15-8-2-1-7-14(15)21-23-18(24-30-21)12-29-19(26)11-25-16-9-3-5-13-6-4-10-17(20(13)16)31(25,27)28/h1-10H,11-12H2. The Balaban J connectivity index is 1.31. The average Bonchev–Trinajstić information content (AvgIpc) is 3.31. The molecular formula is C21H14ClN3O5S. The fourth-order valence-corrected chi connectivity index (χ4v) is 5.36. The van der Waals surface area contributed by atoms with Gasteiger partial charge in [-0.3, -0.25) is 9.10 Å². The van der Waals surface area contributed by atoms with E-state index in [1.165, 1.54) is 6.07 Å². The SMILES string of the molecule is O=C(CN1c2cccc3cccc(c23)S1(=O)=O)OCc1noc(-c2ccccc2Cl)n1. The zero-order valence-electron chi connectivity index (χ0n) is 15.9. The first-order valence-corrected chi connectivity index (χ1v) is 11.0. The zero-order valence-corrected chi connectivity index (χ0v) is 17.4. The summed E-state index contributed by atoms with van der Waals surface area (Å²) in [7, 11) is -3.85. The molecule has 0 bridgehead atoms. The van der Waals surface area contributed by atoms with Gasteiger partial charge in [-0.25, -0.2) is 8.42 Å². The molecule has 10 heteroatoms. The molecule has 5 rings (SSSR count). The Bertz CT molecular complexity index is 1430. The normalized spacial score (nSPS) is 14.2. The van der Waals surface area contributed by atoms with Crippen LogP contribution in [0.2, 0.25) is 5.02 Å². The molecule has 0 aliphatic carbocycles. The monoisotopic (exact) mass is 455 g/mol. The highest BCUT2D eigenvalue weighted by Crippen LogP contribution is 2.41.